The minimum Gasteiger partial charge on any atom is -0.378 e. The van der Waals surface area contributed by atoms with Gasteiger partial charge in [0.1, 0.15) is 5.69 Å². The summed E-state index contributed by atoms with van der Waals surface area (Å²) >= 11 is 1.91. The Morgan fingerprint density at radius 2 is 2.37 bits per heavy atom. The van der Waals surface area contributed by atoms with E-state index in [0.29, 0.717) is 23.0 Å². The molecular formula is C13H15N3O2S. The third-order valence-electron chi connectivity index (χ3n) is 3.12. The number of nitro benzene ring substituents is 1. The van der Waals surface area contributed by atoms with Gasteiger partial charge < -0.3 is 5.32 Å². The fourth-order valence-corrected chi connectivity index (χ4v) is 3.34. The van der Waals surface area contributed by atoms with E-state index in [2.05, 4.69) is 5.32 Å². The highest BCUT2D eigenvalue weighted by Gasteiger charge is 2.17. The maximum atomic E-state index is 10.9. The fraction of sp³-hybridized carbons (Fsp3) is 0.462. The zero-order chi connectivity index (χ0) is 13.7. The molecule has 2 rings (SSSR count). The maximum absolute atomic E-state index is 10.9. The molecule has 0 radical (unpaired) electrons. The van der Waals surface area contributed by atoms with Crippen LogP contribution in [-0.4, -0.2) is 22.5 Å². The molecule has 0 aliphatic carbocycles. The molecule has 19 heavy (non-hydrogen) atoms. The van der Waals surface area contributed by atoms with Crippen molar-refractivity contribution in [2.24, 2.45) is 0 Å². The summed E-state index contributed by atoms with van der Waals surface area (Å²) in [7, 11) is 0. The standard InChI is InChI=1S/C13H15N3O2S/c14-8-10-4-5-13(16(17)18)12(7-10)15-9-11-3-1-2-6-19-11/h4-5,7,11,15H,1-3,6,9H2. The third kappa shape index (κ3) is 3.61. The van der Waals surface area contributed by atoms with Crippen LogP contribution in [0.1, 0.15) is 24.8 Å². The molecule has 1 heterocycles. The Balaban J connectivity index is 2.08. The van der Waals surface area contributed by atoms with E-state index in [4.69, 9.17) is 5.26 Å². The van der Waals surface area contributed by atoms with Gasteiger partial charge in [0.2, 0.25) is 0 Å². The van der Waals surface area contributed by atoms with Gasteiger partial charge in [-0.3, -0.25) is 10.1 Å². The molecule has 6 heteroatoms. The summed E-state index contributed by atoms with van der Waals surface area (Å²) in [5, 5.41) is 23.4. The number of nitro groups is 1. The molecule has 1 aromatic carbocycles. The van der Waals surface area contributed by atoms with Crippen molar-refractivity contribution in [3.05, 3.63) is 33.9 Å². The summed E-state index contributed by atoms with van der Waals surface area (Å²) in [5.74, 6) is 1.16. The predicted octanol–water partition coefficient (Wildman–Crippen LogP) is 3.16. The Morgan fingerprint density at radius 3 is 3.00 bits per heavy atom. The average Bonchev–Trinajstić information content (AvgIpc) is 2.45. The zero-order valence-electron chi connectivity index (χ0n) is 10.5. The van der Waals surface area contributed by atoms with Crippen molar-refractivity contribution >= 4 is 23.1 Å². The third-order valence-corrected chi connectivity index (χ3v) is 4.51. The van der Waals surface area contributed by atoms with E-state index in [1.165, 1.54) is 25.0 Å². The minimum absolute atomic E-state index is 0.0276. The minimum atomic E-state index is -0.419. The van der Waals surface area contributed by atoms with Crippen LogP contribution in [0.25, 0.3) is 0 Å². The molecule has 1 aromatic rings. The molecule has 5 nitrogen and oxygen atoms in total. The first kappa shape index (κ1) is 13.7. The van der Waals surface area contributed by atoms with Crippen LogP contribution >= 0.6 is 11.8 Å². The van der Waals surface area contributed by atoms with Gasteiger partial charge in [0.25, 0.3) is 5.69 Å². The van der Waals surface area contributed by atoms with Crippen LogP contribution in [0.15, 0.2) is 18.2 Å². The van der Waals surface area contributed by atoms with Crippen LogP contribution < -0.4 is 5.32 Å². The molecular weight excluding hydrogens is 262 g/mol. The van der Waals surface area contributed by atoms with E-state index in [1.807, 2.05) is 17.8 Å². The molecule has 0 aromatic heterocycles. The number of nitrogens with zero attached hydrogens (tertiary/aromatic N) is 2. The van der Waals surface area contributed by atoms with E-state index in [0.717, 1.165) is 12.2 Å². The number of hydrogen-bond donors (Lipinski definition) is 1. The highest BCUT2D eigenvalue weighted by Crippen LogP contribution is 2.28. The number of rotatable bonds is 4. The van der Waals surface area contributed by atoms with E-state index in [9.17, 15) is 10.1 Å². The quantitative estimate of drug-likeness (QED) is 0.675. The summed E-state index contributed by atoms with van der Waals surface area (Å²) in [6.45, 7) is 0.709. The van der Waals surface area contributed by atoms with Gasteiger partial charge in [0.05, 0.1) is 16.6 Å². The van der Waals surface area contributed by atoms with Crippen molar-refractivity contribution < 1.29 is 4.92 Å². The van der Waals surface area contributed by atoms with Crippen molar-refractivity contribution in [2.45, 2.75) is 24.5 Å². The normalized spacial score (nSPS) is 18.6. The van der Waals surface area contributed by atoms with Gasteiger partial charge in [0, 0.05) is 17.9 Å². The Bertz CT molecular complexity index is 507. The largest absolute Gasteiger partial charge is 0.378 e. The Morgan fingerprint density at radius 1 is 1.53 bits per heavy atom. The topological polar surface area (TPSA) is 79.0 Å². The number of nitrogens with one attached hydrogen (secondary N) is 1. The summed E-state index contributed by atoms with van der Waals surface area (Å²) < 4.78 is 0. The molecule has 100 valence electrons. The lowest BCUT2D eigenvalue weighted by Crippen LogP contribution is -2.20. The molecule has 0 amide bonds. The highest BCUT2D eigenvalue weighted by molar-refractivity contribution is 7.99. The molecule has 1 fully saturated rings. The SMILES string of the molecule is N#Cc1ccc([N+](=O)[O-])c(NCC2CCCCS2)c1. The zero-order valence-corrected chi connectivity index (χ0v) is 11.3. The summed E-state index contributed by atoms with van der Waals surface area (Å²) in [6.07, 6.45) is 3.62. The predicted molar refractivity (Wildman–Crippen MR) is 76.4 cm³/mol. The van der Waals surface area contributed by atoms with Gasteiger partial charge in [-0.25, -0.2) is 0 Å². The highest BCUT2D eigenvalue weighted by atomic mass is 32.2. The lowest BCUT2D eigenvalue weighted by molar-refractivity contribution is -0.384. The van der Waals surface area contributed by atoms with Crippen molar-refractivity contribution in [1.82, 2.24) is 0 Å². The van der Waals surface area contributed by atoms with Crippen LogP contribution in [0.5, 0.6) is 0 Å². The van der Waals surface area contributed by atoms with Crippen LogP contribution in [0.3, 0.4) is 0 Å². The Kier molecular flexibility index (Phi) is 4.63. The van der Waals surface area contributed by atoms with E-state index in [1.54, 1.807) is 6.07 Å². The van der Waals surface area contributed by atoms with Gasteiger partial charge in [-0.15, -0.1) is 0 Å². The molecule has 1 saturated heterocycles. The van der Waals surface area contributed by atoms with E-state index in [-0.39, 0.29) is 5.69 Å². The monoisotopic (exact) mass is 277 g/mol. The maximum Gasteiger partial charge on any atom is 0.292 e. The van der Waals surface area contributed by atoms with Gasteiger partial charge >= 0.3 is 0 Å². The molecule has 0 saturated carbocycles. The fourth-order valence-electron chi connectivity index (χ4n) is 2.10. The van der Waals surface area contributed by atoms with Crippen molar-refractivity contribution in [1.29, 1.82) is 5.26 Å². The van der Waals surface area contributed by atoms with Crippen LogP contribution in [0.2, 0.25) is 0 Å². The molecule has 1 unspecified atom stereocenters. The van der Waals surface area contributed by atoms with Crippen LogP contribution in [0, 0.1) is 21.4 Å². The summed E-state index contributed by atoms with van der Waals surface area (Å²) in [6, 6.07) is 6.41. The molecule has 0 spiro atoms. The Hall–Kier alpha value is -1.74. The van der Waals surface area contributed by atoms with Crippen LogP contribution in [-0.2, 0) is 0 Å². The van der Waals surface area contributed by atoms with E-state index < -0.39 is 4.92 Å². The number of hydrogen-bond acceptors (Lipinski definition) is 5. The second-order valence-corrected chi connectivity index (χ2v) is 5.88. The van der Waals surface area contributed by atoms with Crippen molar-refractivity contribution in [3.63, 3.8) is 0 Å². The summed E-state index contributed by atoms with van der Waals surface area (Å²) in [4.78, 5) is 10.5. The van der Waals surface area contributed by atoms with Gasteiger partial charge in [-0.2, -0.15) is 17.0 Å². The molecule has 0 bridgehead atoms. The van der Waals surface area contributed by atoms with Crippen molar-refractivity contribution in [2.75, 3.05) is 17.6 Å². The van der Waals surface area contributed by atoms with Gasteiger partial charge in [-0.1, -0.05) is 6.42 Å². The smallest absolute Gasteiger partial charge is 0.292 e. The van der Waals surface area contributed by atoms with Crippen LogP contribution in [0.4, 0.5) is 11.4 Å². The number of anilines is 1. The molecule has 1 atom stereocenters. The van der Waals surface area contributed by atoms with Gasteiger partial charge in [-0.05, 0) is 30.7 Å². The van der Waals surface area contributed by atoms with Gasteiger partial charge in [0.15, 0.2) is 0 Å². The summed E-state index contributed by atoms with van der Waals surface area (Å²) in [5.41, 5.74) is 0.902. The average molecular weight is 277 g/mol. The second-order valence-electron chi connectivity index (χ2n) is 4.47. The Labute approximate surface area is 116 Å². The second kappa shape index (κ2) is 6.43. The number of thioether (sulfide) groups is 1. The first-order valence-corrected chi connectivity index (χ1v) is 7.29. The van der Waals surface area contributed by atoms with E-state index >= 15 is 0 Å². The number of benzene rings is 1. The molecule has 1 N–H and O–H groups in total. The first-order chi connectivity index (χ1) is 9.20. The number of nitriles is 1. The first-order valence-electron chi connectivity index (χ1n) is 6.24. The lowest BCUT2D eigenvalue weighted by atomic mass is 10.1. The molecule has 1 aliphatic heterocycles. The lowest BCUT2D eigenvalue weighted by Gasteiger charge is -2.21. The molecule has 1 aliphatic rings. The van der Waals surface area contributed by atoms with Crippen molar-refractivity contribution in [3.8, 4) is 6.07 Å².